The first kappa shape index (κ1) is 15.5. The summed E-state index contributed by atoms with van der Waals surface area (Å²) in [6, 6.07) is 3.19. The second kappa shape index (κ2) is 7.16. The normalized spacial score (nSPS) is 11.3. The molecule has 0 bridgehead atoms. The van der Waals surface area contributed by atoms with Gasteiger partial charge in [-0.1, -0.05) is 0 Å². The predicted molar refractivity (Wildman–Crippen MR) is 67.8 cm³/mol. The summed E-state index contributed by atoms with van der Waals surface area (Å²) in [4.78, 5) is 14.2. The average Bonchev–Trinajstić information content (AvgIpc) is 2.30. The Kier molecular flexibility index (Phi) is 5.85. The molecule has 0 unspecified atom stereocenters. The number of nitrogens with zero attached hydrogens (tertiary/aromatic N) is 2. The fourth-order valence-electron chi connectivity index (χ4n) is 1.65. The molecule has 0 aromatic heterocycles. The zero-order chi connectivity index (χ0) is 14.4. The molecule has 0 atom stereocenters. The van der Waals surface area contributed by atoms with Crippen molar-refractivity contribution >= 4 is 5.97 Å². The van der Waals surface area contributed by atoms with Crippen LogP contribution in [-0.2, 0) is 11.3 Å². The number of likely N-dealkylation sites (N-methyl/N-ethyl adjacent to an activating group) is 1. The van der Waals surface area contributed by atoms with Crippen molar-refractivity contribution in [3.8, 4) is 0 Å². The molecule has 19 heavy (non-hydrogen) atoms. The van der Waals surface area contributed by atoms with E-state index >= 15 is 0 Å². The third-order valence-electron chi connectivity index (χ3n) is 2.62. The molecule has 0 aliphatic rings. The summed E-state index contributed by atoms with van der Waals surface area (Å²) in [5.41, 5.74) is 0.167. The molecule has 6 heteroatoms. The molecule has 0 aliphatic carbocycles. The summed E-state index contributed by atoms with van der Waals surface area (Å²) < 4.78 is 26.6. The highest BCUT2D eigenvalue weighted by atomic mass is 19.1. The molecule has 0 aliphatic heterocycles. The molecule has 0 heterocycles. The van der Waals surface area contributed by atoms with Gasteiger partial charge in [-0.25, -0.2) is 8.78 Å². The smallest absolute Gasteiger partial charge is 0.317 e. The third-order valence-corrected chi connectivity index (χ3v) is 2.62. The van der Waals surface area contributed by atoms with Crippen LogP contribution in [0.15, 0.2) is 18.2 Å². The van der Waals surface area contributed by atoms with Crippen molar-refractivity contribution in [2.45, 2.75) is 6.54 Å². The highest BCUT2D eigenvalue weighted by molar-refractivity contribution is 5.69. The number of hydrogen-bond donors (Lipinski definition) is 1. The SMILES string of the molecule is CN(C)CCN(CC(=O)O)Cc1cc(F)ccc1F. The van der Waals surface area contributed by atoms with Gasteiger partial charge in [0, 0.05) is 25.2 Å². The molecule has 1 rings (SSSR count). The van der Waals surface area contributed by atoms with E-state index in [2.05, 4.69) is 0 Å². The number of carbonyl (C=O) groups is 1. The Morgan fingerprint density at radius 3 is 2.53 bits per heavy atom. The Hall–Kier alpha value is -1.53. The van der Waals surface area contributed by atoms with Crippen molar-refractivity contribution < 1.29 is 18.7 Å². The standard InChI is InChI=1S/C13H18F2N2O2/c1-16(2)5-6-17(9-13(18)19)8-10-7-11(14)3-4-12(10)15/h3-4,7H,5-6,8-9H2,1-2H3,(H,18,19). The second-order valence-corrected chi connectivity index (χ2v) is 4.64. The van der Waals surface area contributed by atoms with Gasteiger partial charge in [0.2, 0.25) is 0 Å². The van der Waals surface area contributed by atoms with Crippen LogP contribution in [0, 0.1) is 11.6 Å². The molecule has 106 valence electrons. The minimum atomic E-state index is -0.990. The average molecular weight is 272 g/mol. The first-order valence-corrected chi connectivity index (χ1v) is 5.91. The number of benzene rings is 1. The van der Waals surface area contributed by atoms with Crippen LogP contribution < -0.4 is 0 Å². The van der Waals surface area contributed by atoms with Crippen LogP contribution >= 0.6 is 0 Å². The van der Waals surface area contributed by atoms with E-state index in [0.717, 1.165) is 18.2 Å². The number of halogens is 2. The van der Waals surface area contributed by atoms with Gasteiger partial charge in [0.25, 0.3) is 0 Å². The van der Waals surface area contributed by atoms with E-state index in [1.165, 1.54) is 0 Å². The summed E-state index contributed by atoms with van der Waals surface area (Å²) in [5, 5.41) is 8.83. The summed E-state index contributed by atoms with van der Waals surface area (Å²) in [6.07, 6.45) is 0. The minimum absolute atomic E-state index is 0.0731. The third kappa shape index (κ3) is 5.76. The highest BCUT2D eigenvalue weighted by Gasteiger charge is 2.13. The van der Waals surface area contributed by atoms with E-state index in [1.807, 2.05) is 19.0 Å². The summed E-state index contributed by atoms with van der Waals surface area (Å²) in [7, 11) is 3.73. The largest absolute Gasteiger partial charge is 0.480 e. The zero-order valence-corrected chi connectivity index (χ0v) is 11.1. The van der Waals surface area contributed by atoms with Gasteiger partial charge in [-0.05, 0) is 32.3 Å². The molecule has 1 aromatic rings. The Labute approximate surface area is 111 Å². The maximum Gasteiger partial charge on any atom is 0.317 e. The summed E-state index contributed by atoms with van der Waals surface area (Å²) in [5.74, 6) is -2.04. The molecular weight excluding hydrogens is 254 g/mol. The fraction of sp³-hybridized carbons (Fsp3) is 0.462. The van der Waals surface area contributed by atoms with Gasteiger partial charge in [-0.3, -0.25) is 9.69 Å². The molecule has 4 nitrogen and oxygen atoms in total. The molecular formula is C13H18F2N2O2. The summed E-state index contributed by atoms with van der Waals surface area (Å²) in [6.45, 7) is 0.979. The number of hydrogen-bond acceptors (Lipinski definition) is 3. The Morgan fingerprint density at radius 1 is 1.26 bits per heavy atom. The van der Waals surface area contributed by atoms with Gasteiger partial charge >= 0.3 is 5.97 Å². The van der Waals surface area contributed by atoms with Gasteiger partial charge in [0.05, 0.1) is 6.54 Å². The van der Waals surface area contributed by atoms with Crippen molar-refractivity contribution in [3.05, 3.63) is 35.4 Å². The molecule has 0 radical (unpaired) electrons. The van der Waals surface area contributed by atoms with E-state index < -0.39 is 17.6 Å². The van der Waals surface area contributed by atoms with E-state index in [9.17, 15) is 13.6 Å². The van der Waals surface area contributed by atoms with Gasteiger partial charge < -0.3 is 10.0 Å². The quantitative estimate of drug-likeness (QED) is 0.815. The second-order valence-electron chi connectivity index (χ2n) is 4.64. The monoisotopic (exact) mass is 272 g/mol. The van der Waals surface area contributed by atoms with Crippen LogP contribution in [0.2, 0.25) is 0 Å². The maximum atomic E-state index is 13.5. The molecule has 1 aromatic carbocycles. The van der Waals surface area contributed by atoms with Crippen LogP contribution in [0.3, 0.4) is 0 Å². The molecule has 0 amide bonds. The van der Waals surface area contributed by atoms with E-state index in [0.29, 0.717) is 13.1 Å². The van der Waals surface area contributed by atoms with Crippen molar-refractivity contribution in [1.82, 2.24) is 9.80 Å². The Bertz CT molecular complexity index is 439. The van der Waals surface area contributed by atoms with E-state index in [-0.39, 0.29) is 18.7 Å². The van der Waals surface area contributed by atoms with Gasteiger partial charge in [-0.15, -0.1) is 0 Å². The van der Waals surface area contributed by atoms with Crippen molar-refractivity contribution in [1.29, 1.82) is 0 Å². The lowest BCUT2D eigenvalue weighted by atomic mass is 10.2. The van der Waals surface area contributed by atoms with Crippen LogP contribution in [0.1, 0.15) is 5.56 Å². The van der Waals surface area contributed by atoms with Crippen LogP contribution in [0.5, 0.6) is 0 Å². The minimum Gasteiger partial charge on any atom is -0.480 e. The molecule has 0 fully saturated rings. The highest BCUT2D eigenvalue weighted by Crippen LogP contribution is 2.12. The van der Waals surface area contributed by atoms with Gasteiger partial charge in [-0.2, -0.15) is 0 Å². The lowest BCUT2D eigenvalue weighted by Gasteiger charge is -2.22. The zero-order valence-electron chi connectivity index (χ0n) is 11.1. The topological polar surface area (TPSA) is 43.8 Å². The number of rotatable bonds is 7. The van der Waals surface area contributed by atoms with Crippen molar-refractivity contribution in [2.75, 3.05) is 33.7 Å². The van der Waals surface area contributed by atoms with Gasteiger partial charge in [0.15, 0.2) is 0 Å². The molecule has 0 saturated heterocycles. The van der Waals surface area contributed by atoms with Crippen LogP contribution in [0.25, 0.3) is 0 Å². The lowest BCUT2D eigenvalue weighted by Crippen LogP contribution is -2.35. The number of aliphatic carboxylic acids is 1. The molecule has 0 saturated carbocycles. The van der Waals surface area contributed by atoms with Crippen molar-refractivity contribution in [2.24, 2.45) is 0 Å². The van der Waals surface area contributed by atoms with Crippen molar-refractivity contribution in [3.63, 3.8) is 0 Å². The predicted octanol–water partition coefficient (Wildman–Crippen LogP) is 1.41. The first-order chi connectivity index (χ1) is 8.88. The molecule has 1 N–H and O–H groups in total. The van der Waals surface area contributed by atoms with Crippen LogP contribution in [-0.4, -0.2) is 54.6 Å². The van der Waals surface area contributed by atoms with E-state index in [4.69, 9.17) is 5.11 Å². The molecule has 0 spiro atoms. The Morgan fingerprint density at radius 2 is 1.95 bits per heavy atom. The first-order valence-electron chi connectivity index (χ1n) is 5.91. The maximum absolute atomic E-state index is 13.5. The fourth-order valence-corrected chi connectivity index (χ4v) is 1.65. The lowest BCUT2D eigenvalue weighted by molar-refractivity contribution is -0.138. The van der Waals surface area contributed by atoms with E-state index in [1.54, 1.807) is 4.90 Å². The van der Waals surface area contributed by atoms with Gasteiger partial charge in [0.1, 0.15) is 11.6 Å². The number of carboxylic acids is 1. The Balaban J connectivity index is 2.74. The summed E-state index contributed by atoms with van der Waals surface area (Å²) >= 11 is 0. The number of carboxylic acid groups (broad SMARTS) is 1. The van der Waals surface area contributed by atoms with Crippen LogP contribution in [0.4, 0.5) is 8.78 Å².